The van der Waals surface area contributed by atoms with Crippen molar-refractivity contribution in [1.29, 1.82) is 0 Å². The van der Waals surface area contributed by atoms with E-state index in [0.717, 1.165) is 0 Å². The first-order valence-corrected chi connectivity index (χ1v) is 7.24. The maximum absolute atomic E-state index is 12.7. The predicted octanol–water partition coefficient (Wildman–Crippen LogP) is 1.49. The number of halogens is 1. The van der Waals surface area contributed by atoms with Crippen molar-refractivity contribution in [2.75, 3.05) is 32.1 Å². The van der Waals surface area contributed by atoms with Gasteiger partial charge in [0.05, 0.1) is 12.9 Å². The molecular weight excluding hydrogens is 335 g/mol. The molecule has 2 aromatic rings. The zero-order chi connectivity index (χ0) is 18.2. The monoisotopic (exact) mass is 352 g/mol. The number of anilines is 1. The number of carboxylic acid groups (broad SMARTS) is 1. The lowest BCUT2D eigenvalue weighted by Gasteiger charge is -2.08. The Bertz CT molecular complexity index is 789. The minimum absolute atomic E-state index is 0.0217. The fraction of sp³-hybridized carbons (Fsp3) is 0.267. The fourth-order valence-corrected chi connectivity index (χ4v) is 1.80. The van der Waals surface area contributed by atoms with Gasteiger partial charge < -0.3 is 30.2 Å². The second-order valence-corrected chi connectivity index (χ2v) is 4.89. The minimum atomic E-state index is -1.25. The van der Waals surface area contributed by atoms with E-state index in [4.69, 9.17) is 14.3 Å². The summed E-state index contributed by atoms with van der Waals surface area (Å²) in [6.07, 6.45) is -0.955. The molecule has 1 heterocycles. The molecule has 25 heavy (non-hydrogen) atoms. The van der Waals surface area contributed by atoms with Gasteiger partial charge in [-0.05, 0) is 12.1 Å². The molecule has 1 aromatic heterocycles. The third kappa shape index (κ3) is 5.37. The Morgan fingerprint density at radius 1 is 1.40 bits per heavy atom. The summed E-state index contributed by atoms with van der Waals surface area (Å²) in [7, 11) is 1.52. The SMILES string of the molecule is CNC(=O)CNc1nc2ccc(OCC(=CF)CNC(=O)O)cc2o1. The van der Waals surface area contributed by atoms with Crippen LogP contribution >= 0.6 is 0 Å². The fourth-order valence-electron chi connectivity index (χ4n) is 1.80. The van der Waals surface area contributed by atoms with Crippen molar-refractivity contribution >= 4 is 29.1 Å². The van der Waals surface area contributed by atoms with E-state index in [1.807, 2.05) is 0 Å². The van der Waals surface area contributed by atoms with Crippen LogP contribution in [0.3, 0.4) is 0 Å². The Morgan fingerprint density at radius 3 is 2.88 bits per heavy atom. The Balaban J connectivity index is 1.98. The molecule has 0 saturated heterocycles. The van der Waals surface area contributed by atoms with E-state index in [-0.39, 0.29) is 37.2 Å². The van der Waals surface area contributed by atoms with E-state index >= 15 is 0 Å². The lowest BCUT2D eigenvalue weighted by Crippen LogP contribution is -2.26. The molecule has 0 radical (unpaired) electrons. The summed E-state index contributed by atoms with van der Waals surface area (Å²) in [5.74, 6) is 0.183. The van der Waals surface area contributed by atoms with Crippen LogP contribution in [0.15, 0.2) is 34.5 Å². The summed E-state index contributed by atoms with van der Waals surface area (Å²) >= 11 is 0. The first-order chi connectivity index (χ1) is 12.0. The van der Waals surface area contributed by atoms with Gasteiger partial charge >= 0.3 is 6.09 Å². The van der Waals surface area contributed by atoms with Crippen molar-refractivity contribution in [3.8, 4) is 5.75 Å². The first kappa shape index (κ1) is 18.0. The highest BCUT2D eigenvalue weighted by Crippen LogP contribution is 2.24. The van der Waals surface area contributed by atoms with Gasteiger partial charge in [-0.15, -0.1) is 0 Å². The van der Waals surface area contributed by atoms with Gasteiger partial charge in [-0.1, -0.05) is 0 Å². The van der Waals surface area contributed by atoms with Gasteiger partial charge in [0.1, 0.15) is 17.9 Å². The highest BCUT2D eigenvalue weighted by atomic mass is 19.1. The number of fused-ring (bicyclic) bond motifs is 1. The number of likely N-dealkylation sites (N-methyl/N-ethyl adjacent to an activating group) is 1. The molecule has 0 saturated carbocycles. The zero-order valence-corrected chi connectivity index (χ0v) is 13.3. The molecule has 1 aromatic carbocycles. The molecule has 4 N–H and O–H groups in total. The Labute approximate surface area is 141 Å². The van der Waals surface area contributed by atoms with Crippen molar-refractivity contribution < 1.29 is 28.2 Å². The van der Waals surface area contributed by atoms with Crippen molar-refractivity contribution in [1.82, 2.24) is 15.6 Å². The Hall–Kier alpha value is -3.30. The Morgan fingerprint density at radius 2 is 2.20 bits per heavy atom. The maximum atomic E-state index is 12.7. The quantitative estimate of drug-likeness (QED) is 0.567. The molecule has 0 aliphatic heterocycles. The van der Waals surface area contributed by atoms with Crippen LogP contribution in [0.5, 0.6) is 5.75 Å². The number of aromatic nitrogens is 1. The molecule has 2 amide bonds. The number of hydrogen-bond donors (Lipinski definition) is 4. The number of rotatable bonds is 8. The lowest BCUT2D eigenvalue weighted by atomic mass is 10.3. The van der Waals surface area contributed by atoms with Gasteiger partial charge in [-0.25, -0.2) is 9.18 Å². The van der Waals surface area contributed by atoms with Crippen molar-refractivity contribution in [3.63, 3.8) is 0 Å². The standard InChI is InChI=1S/C15H17FN4O5/c1-17-13(21)7-18-14-20-11-3-2-10(4-12(11)25-14)24-8-9(5-16)6-19-15(22)23/h2-5,19H,6-8H2,1H3,(H,17,21)(H,18,20)(H,22,23). The number of ether oxygens (including phenoxy) is 1. The molecule has 0 bridgehead atoms. The molecule has 0 aliphatic carbocycles. The van der Waals surface area contributed by atoms with Crippen LogP contribution in [-0.2, 0) is 4.79 Å². The number of amides is 2. The predicted molar refractivity (Wildman–Crippen MR) is 87.3 cm³/mol. The number of hydrogen-bond acceptors (Lipinski definition) is 6. The van der Waals surface area contributed by atoms with E-state index < -0.39 is 6.09 Å². The van der Waals surface area contributed by atoms with Crippen LogP contribution in [0.2, 0.25) is 0 Å². The maximum Gasteiger partial charge on any atom is 0.404 e. The number of benzene rings is 1. The van der Waals surface area contributed by atoms with Crippen molar-refractivity contribution in [2.45, 2.75) is 0 Å². The second kappa shape index (κ2) is 8.52. The molecule has 0 atom stereocenters. The van der Waals surface area contributed by atoms with E-state index in [1.54, 1.807) is 18.2 Å². The van der Waals surface area contributed by atoms with E-state index in [0.29, 0.717) is 23.2 Å². The van der Waals surface area contributed by atoms with Crippen LogP contribution in [0.4, 0.5) is 15.2 Å². The van der Waals surface area contributed by atoms with Crippen LogP contribution in [-0.4, -0.2) is 48.8 Å². The van der Waals surface area contributed by atoms with Crippen LogP contribution in [0.25, 0.3) is 11.1 Å². The van der Waals surface area contributed by atoms with Gasteiger partial charge in [0.15, 0.2) is 5.58 Å². The second-order valence-electron chi connectivity index (χ2n) is 4.89. The number of oxazole rings is 1. The average Bonchev–Trinajstić information content (AvgIpc) is 3.01. The summed E-state index contributed by atoms with van der Waals surface area (Å²) < 4.78 is 23.6. The summed E-state index contributed by atoms with van der Waals surface area (Å²) in [4.78, 5) is 25.8. The first-order valence-electron chi connectivity index (χ1n) is 7.24. The minimum Gasteiger partial charge on any atom is -0.489 e. The lowest BCUT2D eigenvalue weighted by molar-refractivity contribution is -0.118. The number of carbonyl (C=O) groups is 2. The molecule has 0 aliphatic rings. The molecule has 0 unspecified atom stereocenters. The number of nitrogens with zero attached hydrogens (tertiary/aromatic N) is 1. The molecule has 10 heteroatoms. The highest BCUT2D eigenvalue weighted by Gasteiger charge is 2.09. The van der Waals surface area contributed by atoms with E-state index in [1.165, 1.54) is 7.05 Å². The Kier molecular flexibility index (Phi) is 6.15. The van der Waals surface area contributed by atoms with Crippen LogP contribution in [0, 0.1) is 0 Å². The summed E-state index contributed by atoms with van der Waals surface area (Å²) in [5.41, 5.74) is 1.11. The van der Waals surface area contributed by atoms with E-state index in [9.17, 15) is 14.0 Å². The normalized spacial score (nSPS) is 11.2. The summed E-state index contributed by atoms with van der Waals surface area (Å²) in [5, 5.41) is 15.8. The molecule has 9 nitrogen and oxygen atoms in total. The topological polar surface area (TPSA) is 126 Å². The third-order valence-electron chi connectivity index (χ3n) is 3.08. The van der Waals surface area contributed by atoms with Gasteiger partial charge in [-0.3, -0.25) is 4.79 Å². The molecule has 134 valence electrons. The molecule has 0 fully saturated rings. The van der Waals surface area contributed by atoms with Crippen LogP contribution in [0.1, 0.15) is 0 Å². The summed E-state index contributed by atoms with van der Waals surface area (Å²) in [6, 6.07) is 5.01. The van der Waals surface area contributed by atoms with Crippen molar-refractivity contribution in [3.05, 3.63) is 30.1 Å². The smallest absolute Gasteiger partial charge is 0.404 e. The summed E-state index contributed by atoms with van der Waals surface area (Å²) in [6.45, 7) is -0.282. The van der Waals surface area contributed by atoms with Gasteiger partial charge in [0.25, 0.3) is 6.01 Å². The number of carbonyl (C=O) groups excluding carboxylic acids is 1. The number of nitrogens with one attached hydrogen (secondary N) is 3. The third-order valence-corrected chi connectivity index (χ3v) is 3.08. The van der Waals surface area contributed by atoms with Gasteiger partial charge in [0.2, 0.25) is 5.91 Å². The largest absolute Gasteiger partial charge is 0.489 e. The molecule has 0 spiro atoms. The van der Waals surface area contributed by atoms with Crippen molar-refractivity contribution in [2.24, 2.45) is 0 Å². The average molecular weight is 352 g/mol. The van der Waals surface area contributed by atoms with E-state index in [2.05, 4.69) is 20.9 Å². The molecular formula is C15H17FN4O5. The zero-order valence-electron chi connectivity index (χ0n) is 13.3. The van der Waals surface area contributed by atoms with Gasteiger partial charge in [-0.2, -0.15) is 4.98 Å². The van der Waals surface area contributed by atoms with Crippen LogP contribution < -0.4 is 20.7 Å². The highest BCUT2D eigenvalue weighted by molar-refractivity contribution is 5.81. The molecule has 2 rings (SSSR count). The van der Waals surface area contributed by atoms with Gasteiger partial charge in [0, 0.05) is 25.2 Å².